The van der Waals surface area contributed by atoms with Crippen LogP contribution in [0.4, 0.5) is 18.9 Å². The molecule has 0 aliphatic carbocycles. The molecule has 0 unspecified atom stereocenters. The van der Waals surface area contributed by atoms with Gasteiger partial charge < -0.3 is 10.5 Å². The zero-order valence-electron chi connectivity index (χ0n) is 11.0. The molecular weight excluding hydrogens is 287 g/mol. The van der Waals surface area contributed by atoms with Gasteiger partial charge in [0.25, 0.3) is 0 Å². The van der Waals surface area contributed by atoms with Gasteiger partial charge in [0.1, 0.15) is 0 Å². The maximum absolute atomic E-state index is 12.5. The van der Waals surface area contributed by atoms with Crippen LogP contribution in [0.3, 0.4) is 0 Å². The number of nitrogens with zero attached hydrogens (tertiary/aromatic N) is 2. The third kappa shape index (κ3) is 3.15. The Kier molecular flexibility index (Phi) is 3.88. The van der Waals surface area contributed by atoms with Crippen molar-refractivity contribution in [3.8, 4) is 5.69 Å². The molecular formula is C13H12F3N3O2. The summed E-state index contributed by atoms with van der Waals surface area (Å²) in [6.07, 6.45) is -2.94. The molecule has 0 atom stereocenters. The van der Waals surface area contributed by atoms with Gasteiger partial charge in [-0.05, 0) is 25.1 Å². The Morgan fingerprint density at radius 3 is 2.67 bits per heavy atom. The number of hydrogen-bond acceptors (Lipinski definition) is 4. The van der Waals surface area contributed by atoms with Crippen LogP contribution in [0.1, 0.15) is 22.8 Å². The van der Waals surface area contributed by atoms with Crippen LogP contribution >= 0.6 is 0 Å². The highest BCUT2D eigenvalue weighted by atomic mass is 19.4. The number of ether oxygens (including phenoxy) is 1. The van der Waals surface area contributed by atoms with Crippen molar-refractivity contribution in [3.05, 3.63) is 41.7 Å². The minimum atomic E-state index is -4.47. The maximum atomic E-state index is 12.5. The van der Waals surface area contributed by atoms with E-state index in [4.69, 9.17) is 10.5 Å². The van der Waals surface area contributed by atoms with Gasteiger partial charge >= 0.3 is 12.1 Å². The topological polar surface area (TPSA) is 70.1 Å². The molecule has 21 heavy (non-hydrogen) atoms. The molecule has 0 radical (unpaired) electrons. The molecule has 2 N–H and O–H groups in total. The molecule has 0 bridgehead atoms. The third-order valence-corrected chi connectivity index (χ3v) is 2.70. The van der Waals surface area contributed by atoms with Crippen LogP contribution in [-0.4, -0.2) is 22.4 Å². The number of anilines is 1. The van der Waals surface area contributed by atoms with Gasteiger partial charge in [0, 0.05) is 6.20 Å². The van der Waals surface area contributed by atoms with Gasteiger partial charge in [0.2, 0.25) is 0 Å². The zero-order valence-corrected chi connectivity index (χ0v) is 11.0. The van der Waals surface area contributed by atoms with Crippen molar-refractivity contribution < 1.29 is 22.7 Å². The van der Waals surface area contributed by atoms with Crippen LogP contribution < -0.4 is 5.73 Å². The number of esters is 1. The number of halogens is 3. The second-order valence-corrected chi connectivity index (χ2v) is 4.17. The molecule has 2 aromatic rings. The van der Waals surface area contributed by atoms with Crippen LogP contribution in [0.15, 0.2) is 30.6 Å². The molecule has 0 saturated carbocycles. The summed E-state index contributed by atoms with van der Waals surface area (Å²) in [6, 6.07) is 4.16. The average molecular weight is 299 g/mol. The number of rotatable bonds is 3. The van der Waals surface area contributed by atoms with E-state index in [-0.39, 0.29) is 23.5 Å². The van der Waals surface area contributed by atoms with E-state index in [0.29, 0.717) is 6.20 Å². The first kappa shape index (κ1) is 14.9. The lowest BCUT2D eigenvalue weighted by Gasteiger charge is -2.08. The number of nitrogen functional groups attached to an aromatic ring is 1. The zero-order chi connectivity index (χ0) is 15.6. The largest absolute Gasteiger partial charge is 0.462 e. The van der Waals surface area contributed by atoms with Crippen LogP contribution in [0.2, 0.25) is 0 Å². The maximum Gasteiger partial charge on any atom is 0.419 e. The number of carbonyl (C=O) groups is 1. The second kappa shape index (κ2) is 5.47. The molecule has 2 rings (SSSR count). The molecule has 5 nitrogen and oxygen atoms in total. The normalized spacial score (nSPS) is 11.4. The Bertz CT molecular complexity index is 665. The Morgan fingerprint density at radius 1 is 1.43 bits per heavy atom. The first-order valence-electron chi connectivity index (χ1n) is 6.02. The van der Waals surface area contributed by atoms with E-state index in [1.165, 1.54) is 18.2 Å². The van der Waals surface area contributed by atoms with E-state index in [0.717, 1.165) is 10.9 Å². The van der Waals surface area contributed by atoms with Crippen LogP contribution in [0, 0.1) is 0 Å². The predicted octanol–water partition coefficient (Wildman–Crippen LogP) is 2.65. The highest BCUT2D eigenvalue weighted by Gasteiger charge is 2.32. The van der Waals surface area contributed by atoms with E-state index >= 15 is 0 Å². The van der Waals surface area contributed by atoms with Crippen molar-refractivity contribution >= 4 is 11.7 Å². The lowest BCUT2D eigenvalue weighted by Crippen LogP contribution is -2.07. The van der Waals surface area contributed by atoms with Gasteiger partial charge in [-0.2, -0.15) is 18.3 Å². The molecule has 1 aromatic carbocycles. The number of aromatic nitrogens is 2. The fourth-order valence-corrected chi connectivity index (χ4v) is 1.71. The summed E-state index contributed by atoms with van der Waals surface area (Å²) in [4.78, 5) is 11.5. The fourth-order valence-electron chi connectivity index (χ4n) is 1.71. The number of alkyl halides is 3. The monoisotopic (exact) mass is 299 g/mol. The number of benzene rings is 1. The van der Waals surface area contributed by atoms with Crippen LogP contribution in [0.5, 0.6) is 0 Å². The third-order valence-electron chi connectivity index (χ3n) is 2.70. The van der Waals surface area contributed by atoms with Crippen molar-refractivity contribution in [2.75, 3.05) is 12.3 Å². The van der Waals surface area contributed by atoms with Crippen LogP contribution in [0.25, 0.3) is 5.69 Å². The van der Waals surface area contributed by atoms with Gasteiger partial charge in [-0.3, -0.25) is 0 Å². The minimum absolute atomic E-state index is 0.123. The Balaban J connectivity index is 2.33. The molecule has 112 valence electrons. The molecule has 0 saturated heterocycles. The molecule has 1 aromatic heterocycles. The molecule has 8 heteroatoms. The van der Waals surface area contributed by atoms with E-state index in [1.54, 1.807) is 6.92 Å². The van der Waals surface area contributed by atoms with Gasteiger partial charge in [0.05, 0.1) is 35.3 Å². The average Bonchev–Trinajstić information content (AvgIpc) is 2.88. The number of nitrogens with two attached hydrogens (primary N) is 1. The highest BCUT2D eigenvalue weighted by molar-refractivity contribution is 5.91. The van der Waals surface area contributed by atoms with Gasteiger partial charge in [-0.25, -0.2) is 9.48 Å². The second-order valence-electron chi connectivity index (χ2n) is 4.17. The van der Waals surface area contributed by atoms with Gasteiger partial charge in [-0.15, -0.1) is 0 Å². The predicted molar refractivity (Wildman–Crippen MR) is 68.9 cm³/mol. The first-order valence-corrected chi connectivity index (χ1v) is 6.02. The van der Waals surface area contributed by atoms with Gasteiger partial charge in [-0.1, -0.05) is 0 Å². The standard InChI is InChI=1S/C13H12F3N3O2/c1-2-21-12(20)8-3-4-11(10(17)5-8)19-7-9(6-18-19)13(14,15)16/h3-7H,2,17H2,1H3. The molecule has 0 spiro atoms. The Hall–Kier alpha value is -2.51. The smallest absolute Gasteiger partial charge is 0.419 e. The summed E-state index contributed by atoms with van der Waals surface area (Å²) in [5, 5.41) is 3.63. The van der Waals surface area contributed by atoms with Crippen molar-refractivity contribution in [2.45, 2.75) is 13.1 Å². The minimum Gasteiger partial charge on any atom is -0.462 e. The van der Waals surface area contributed by atoms with Crippen molar-refractivity contribution in [1.29, 1.82) is 0 Å². The van der Waals surface area contributed by atoms with E-state index in [9.17, 15) is 18.0 Å². The van der Waals surface area contributed by atoms with Crippen molar-refractivity contribution in [3.63, 3.8) is 0 Å². The van der Waals surface area contributed by atoms with E-state index < -0.39 is 17.7 Å². The summed E-state index contributed by atoms with van der Waals surface area (Å²) in [7, 11) is 0. The lowest BCUT2D eigenvalue weighted by molar-refractivity contribution is -0.137. The summed E-state index contributed by atoms with van der Waals surface area (Å²) < 4.78 is 43.4. The number of carbonyl (C=O) groups excluding carboxylic acids is 1. The highest BCUT2D eigenvalue weighted by Crippen LogP contribution is 2.30. The number of hydrogen-bond donors (Lipinski definition) is 1. The fraction of sp³-hybridized carbons (Fsp3) is 0.231. The molecule has 0 aliphatic rings. The van der Waals surface area contributed by atoms with Crippen molar-refractivity contribution in [1.82, 2.24) is 9.78 Å². The molecule has 0 fully saturated rings. The van der Waals surface area contributed by atoms with E-state index in [1.807, 2.05) is 0 Å². The summed E-state index contributed by atoms with van der Waals surface area (Å²) in [5.74, 6) is -0.549. The van der Waals surface area contributed by atoms with Crippen LogP contribution in [-0.2, 0) is 10.9 Å². The Morgan fingerprint density at radius 2 is 2.14 bits per heavy atom. The summed E-state index contributed by atoms with van der Waals surface area (Å²) in [6.45, 7) is 1.88. The summed E-state index contributed by atoms with van der Waals surface area (Å²) in [5.41, 5.74) is 5.47. The molecule has 1 heterocycles. The summed E-state index contributed by atoms with van der Waals surface area (Å²) >= 11 is 0. The van der Waals surface area contributed by atoms with Crippen molar-refractivity contribution in [2.24, 2.45) is 0 Å². The van der Waals surface area contributed by atoms with E-state index in [2.05, 4.69) is 5.10 Å². The SMILES string of the molecule is CCOC(=O)c1ccc(-n2cc(C(F)(F)F)cn2)c(N)c1. The van der Waals surface area contributed by atoms with Gasteiger partial charge in [0.15, 0.2) is 0 Å². The Labute approximate surface area is 118 Å². The lowest BCUT2D eigenvalue weighted by atomic mass is 10.2. The molecule has 0 amide bonds. The molecule has 0 aliphatic heterocycles. The first-order chi connectivity index (χ1) is 9.82. The quantitative estimate of drug-likeness (QED) is 0.698.